The van der Waals surface area contributed by atoms with Gasteiger partial charge in [0, 0.05) is 25.7 Å². The Bertz CT molecular complexity index is 523. The summed E-state index contributed by atoms with van der Waals surface area (Å²) in [6, 6.07) is 5.71. The molecular weight excluding hydrogens is 262 g/mol. The molecule has 4 nitrogen and oxygen atoms in total. The third-order valence-corrected chi connectivity index (χ3v) is 3.12. The van der Waals surface area contributed by atoms with Crippen molar-refractivity contribution in [2.24, 2.45) is 0 Å². The monoisotopic (exact) mass is 287 g/mol. The zero-order valence-corrected chi connectivity index (χ0v) is 13.0. The number of anilines is 3. The van der Waals surface area contributed by atoms with Crippen LogP contribution in [0.4, 0.5) is 17.1 Å². The Labute approximate surface area is 127 Å². The van der Waals surface area contributed by atoms with Crippen molar-refractivity contribution in [3.05, 3.63) is 43.0 Å². The number of nitrogens with one attached hydrogen (secondary N) is 1. The second kappa shape index (κ2) is 8.15. The number of hydrogen-bond donors (Lipinski definition) is 2. The van der Waals surface area contributed by atoms with E-state index in [1.165, 1.54) is 6.92 Å². The summed E-state index contributed by atoms with van der Waals surface area (Å²) in [4.78, 5) is 13.5. The number of carbonyl (C=O) groups is 1. The maximum atomic E-state index is 11.2. The number of amides is 1. The van der Waals surface area contributed by atoms with E-state index in [0.29, 0.717) is 11.4 Å². The first-order valence-electron chi connectivity index (χ1n) is 7.11. The molecule has 1 aromatic carbocycles. The van der Waals surface area contributed by atoms with Crippen molar-refractivity contribution in [3.8, 4) is 0 Å². The van der Waals surface area contributed by atoms with E-state index in [2.05, 4.69) is 23.4 Å². The number of nitrogens with two attached hydrogens (primary N) is 1. The minimum Gasteiger partial charge on any atom is -0.397 e. The van der Waals surface area contributed by atoms with Gasteiger partial charge in [-0.1, -0.05) is 11.6 Å². The summed E-state index contributed by atoms with van der Waals surface area (Å²) in [5.74, 6) is -0.126. The van der Waals surface area contributed by atoms with Gasteiger partial charge in [-0.3, -0.25) is 4.79 Å². The van der Waals surface area contributed by atoms with Crippen molar-refractivity contribution in [3.63, 3.8) is 0 Å². The van der Waals surface area contributed by atoms with Gasteiger partial charge in [-0.15, -0.1) is 13.2 Å². The Morgan fingerprint density at radius 2 is 2.10 bits per heavy atom. The largest absolute Gasteiger partial charge is 0.397 e. The van der Waals surface area contributed by atoms with Crippen molar-refractivity contribution in [1.29, 1.82) is 0 Å². The fraction of sp³-hybridized carbons (Fsp3) is 0.353. The fourth-order valence-electron chi connectivity index (χ4n) is 1.98. The van der Waals surface area contributed by atoms with E-state index >= 15 is 0 Å². The molecule has 0 aliphatic carbocycles. The summed E-state index contributed by atoms with van der Waals surface area (Å²) in [6.07, 6.45) is 3.73. The smallest absolute Gasteiger partial charge is 0.221 e. The molecule has 114 valence electrons. The van der Waals surface area contributed by atoms with Crippen LogP contribution >= 0.6 is 0 Å². The number of hydrogen-bond acceptors (Lipinski definition) is 3. The SMILES string of the molecule is C=CCCN(CCC(=C)C)c1ccc(N)c(NC(C)=O)c1. The molecule has 1 rings (SSSR count). The zero-order valence-electron chi connectivity index (χ0n) is 13.0. The van der Waals surface area contributed by atoms with Gasteiger partial charge in [0.25, 0.3) is 0 Å². The molecule has 0 fully saturated rings. The van der Waals surface area contributed by atoms with Crippen LogP contribution in [-0.4, -0.2) is 19.0 Å². The van der Waals surface area contributed by atoms with Crippen molar-refractivity contribution < 1.29 is 4.79 Å². The topological polar surface area (TPSA) is 58.4 Å². The van der Waals surface area contributed by atoms with E-state index in [-0.39, 0.29) is 5.91 Å². The van der Waals surface area contributed by atoms with Gasteiger partial charge in [-0.25, -0.2) is 0 Å². The van der Waals surface area contributed by atoms with Crippen LogP contribution in [0, 0.1) is 0 Å². The highest BCUT2D eigenvalue weighted by Crippen LogP contribution is 2.26. The molecule has 0 radical (unpaired) electrons. The molecule has 21 heavy (non-hydrogen) atoms. The van der Waals surface area contributed by atoms with Crippen molar-refractivity contribution >= 4 is 23.0 Å². The Hall–Kier alpha value is -2.23. The van der Waals surface area contributed by atoms with E-state index in [9.17, 15) is 4.79 Å². The molecule has 0 saturated carbocycles. The molecular formula is C17H25N3O. The molecule has 0 bridgehead atoms. The Kier molecular flexibility index (Phi) is 6.53. The van der Waals surface area contributed by atoms with Gasteiger partial charge in [-0.2, -0.15) is 0 Å². The third-order valence-electron chi connectivity index (χ3n) is 3.12. The normalized spacial score (nSPS) is 10.0. The lowest BCUT2D eigenvalue weighted by molar-refractivity contribution is -0.114. The average molecular weight is 287 g/mol. The standard InChI is InChI=1S/C17H25N3O/c1-5-6-10-20(11-9-13(2)3)15-7-8-16(18)17(12-15)19-14(4)21/h5,7-8,12H,1-2,6,9-11,18H2,3-4H3,(H,19,21). The predicted molar refractivity (Wildman–Crippen MR) is 91.6 cm³/mol. The Morgan fingerprint density at radius 1 is 1.38 bits per heavy atom. The lowest BCUT2D eigenvalue weighted by atomic mass is 10.2. The third kappa shape index (κ3) is 5.73. The maximum absolute atomic E-state index is 11.2. The summed E-state index contributed by atoms with van der Waals surface area (Å²) in [7, 11) is 0. The lowest BCUT2D eigenvalue weighted by Crippen LogP contribution is -2.25. The summed E-state index contributed by atoms with van der Waals surface area (Å²) in [5.41, 5.74) is 9.30. The second-order valence-electron chi connectivity index (χ2n) is 5.22. The van der Waals surface area contributed by atoms with Crippen molar-refractivity contribution in [1.82, 2.24) is 0 Å². The highest BCUT2D eigenvalue weighted by atomic mass is 16.1. The van der Waals surface area contributed by atoms with Gasteiger partial charge in [0.1, 0.15) is 0 Å². The van der Waals surface area contributed by atoms with Crippen LogP contribution in [0.15, 0.2) is 43.0 Å². The zero-order chi connectivity index (χ0) is 15.8. The molecule has 0 aliphatic rings. The van der Waals surface area contributed by atoms with Crippen LogP contribution in [0.5, 0.6) is 0 Å². The summed E-state index contributed by atoms with van der Waals surface area (Å²) < 4.78 is 0. The summed E-state index contributed by atoms with van der Waals surface area (Å²) in [5, 5.41) is 2.76. The van der Waals surface area contributed by atoms with E-state index in [4.69, 9.17) is 5.73 Å². The van der Waals surface area contributed by atoms with Crippen LogP contribution in [0.3, 0.4) is 0 Å². The molecule has 0 heterocycles. The van der Waals surface area contributed by atoms with E-state index in [1.807, 2.05) is 31.2 Å². The molecule has 1 aromatic rings. The molecule has 0 saturated heterocycles. The molecule has 0 spiro atoms. The average Bonchev–Trinajstić information content (AvgIpc) is 2.41. The minimum absolute atomic E-state index is 0.126. The second-order valence-corrected chi connectivity index (χ2v) is 5.22. The van der Waals surface area contributed by atoms with Gasteiger partial charge in [0.2, 0.25) is 5.91 Å². The van der Waals surface area contributed by atoms with Gasteiger partial charge in [0.05, 0.1) is 11.4 Å². The molecule has 0 unspecified atom stereocenters. The maximum Gasteiger partial charge on any atom is 0.221 e. The Balaban J connectivity index is 2.96. The predicted octanol–water partition coefficient (Wildman–Crippen LogP) is 3.58. The van der Waals surface area contributed by atoms with E-state index in [0.717, 1.165) is 37.2 Å². The fourth-order valence-corrected chi connectivity index (χ4v) is 1.98. The first kappa shape index (κ1) is 16.8. The van der Waals surface area contributed by atoms with Gasteiger partial charge in [-0.05, 0) is 38.0 Å². The van der Waals surface area contributed by atoms with Crippen LogP contribution in [0.25, 0.3) is 0 Å². The summed E-state index contributed by atoms with van der Waals surface area (Å²) in [6.45, 7) is 13.0. The van der Waals surface area contributed by atoms with Crippen molar-refractivity contribution in [2.45, 2.75) is 26.7 Å². The minimum atomic E-state index is -0.126. The van der Waals surface area contributed by atoms with Crippen LogP contribution in [0.1, 0.15) is 26.7 Å². The molecule has 0 atom stereocenters. The van der Waals surface area contributed by atoms with Crippen LogP contribution < -0.4 is 16.0 Å². The number of benzene rings is 1. The number of nitrogen functional groups attached to an aromatic ring is 1. The van der Waals surface area contributed by atoms with Crippen LogP contribution in [0.2, 0.25) is 0 Å². The molecule has 4 heteroatoms. The van der Waals surface area contributed by atoms with Crippen LogP contribution in [-0.2, 0) is 4.79 Å². The number of carbonyl (C=O) groups excluding carboxylic acids is 1. The summed E-state index contributed by atoms with van der Waals surface area (Å²) >= 11 is 0. The Morgan fingerprint density at radius 3 is 2.67 bits per heavy atom. The first-order chi connectivity index (χ1) is 9.93. The van der Waals surface area contributed by atoms with Gasteiger partial charge in [0.15, 0.2) is 0 Å². The molecule has 3 N–H and O–H groups in total. The van der Waals surface area contributed by atoms with Gasteiger partial charge >= 0.3 is 0 Å². The number of nitrogens with zero attached hydrogens (tertiary/aromatic N) is 1. The lowest BCUT2D eigenvalue weighted by Gasteiger charge is -2.25. The molecule has 1 amide bonds. The van der Waals surface area contributed by atoms with Gasteiger partial charge < -0.3 is 16.0 Å². The molecule has 0 aliphatic heterocycles. The van der Waals surface area contributed by atoms with E-state index < -0.39 is 0 Å². The van der Waals surface area contributed by atoms with E-state index in [1.54, 1.807) is 0 Å². The highest BCUT2D eigenvalue weighted by molar-refractivity contribution is 5.93. The van der Waals surface area contributed by atoms with Crippen molar-refractivity contribution in [2.75, 3.05) is 29.0 Å². The highest BCUT2D eigenvalue weighted by Gasteiger charge is 2.09. The number of rotatable bonds is 8. The first-order valence-corrected chi connectivity index (χ1v) is 7.11. The quantitative estimate of drug-likeness (QED) is 0.567. The molecule has 0 aromatic heterocycles.